The molecule has 9 heteroatoms. The van der Waals surface area contributed by atoms with Crippen LogP contribution >= 0.6 is 0 Å². The van der Waals surface area contributed by atoms with Crippen LogP contribution in [0.2, 0.25) is 0 Å². The van der Waals surface area contributed by atoms with Crippen molar-refractivity contribution in [1.29, 1.82) is 0 Å². The average Bonchev–Trinajstić information content (AvgIpc) is 3.40. The number of aliphatic carboxylic acids is 1. The number of carbonyl (C=O) groups excluding carboxylic acids is 3. The minimum Gasteiger partial charge on any atom is -0.545 e. The summed E-state index contributed by atoms with van der Waals surface area (Å²) in [6.45, 7) is 4.56. The van der Waals surface area contributed by atoms with E-state index in [1.807, 2.05) is 33.3 Å². The summed E-state index contributed by atoms with van der Waals surface area (Å²) in [5.41, 5.74) is 0. The Hall–Kier alpha value is -3.53. The Labute approximate surface area is 474 Å². The van der Waals surface area contributed by atoms with E-state index in [9.17, 15) is 19.5 Å². The van der Waals surface area contributed by atoms with Gasteiger partial charge in [-0.3, -0.25) is 9.59 Å². The number of rotatable bonds is 58. The van der Waals surface area contributed by atoms with E-state index in [4.69, 9.17) is 18.9 Å². The van der Waals surface area contributed by atoms with Gasteiger partial charge in [-0.2, -0.15) is 0 Å². The minimum absolute atomic E-state index is 0.120. The maximum Gasteiger partial charge on any atom is 0.306 e. The van der Waals surface area contributed by atoms with Gasteiger partial charge < -0.3 is 33.3 Å². The van der Waals surface area contributed by atoms with E-state index in [0.717, 1.165) is 57.8 Å². The van der Waals surface area contributed by atoms with Crippen molar-refractivity contribution in [2.45, 2.75) is 283 Å². The first-order chi connectivity index (χ1) is 37.6. The Morgan fingerprint density at radius 3 is 1.16 bits per heavy atom. The Bertz CT molecular complexity index is 1540. The molecule has 0 aromatic rings. The largest absolute Gasteiger partial charge is 0.545 e. The van der Waals surface area contributed by atoms with E-state index in [2.05, 4.69) is 86.8 Å². The van der Waals surface area contributed by atoms with E-state index in [1.165, 1.54) is 180 Å². The number of carboxylic acids is 1. The molecule has 0 aromatic heterocycles. The van der Waals surface area contributed by atoms with Gasteiger partial charge in [0.25, 0.3) is 0 Å². The van der Waals surface area contributed by atoms with Gasteiger partial charge in [0.1, 0.15) is 13.2 Å². The van der Waals surface area contributed by atoms with E-state index < -0.39 is 24.3 Å². The summed E-state index contributed by atoms with van der Waals surface area (Å²) < 4.78 is 22.6. The van der Waals surface area contributed by atoms with Crippen LogP contribution in [0.25, 0.3) is 0 Å². The number of hydrogen-bond acceptors (Lipinski definition) is 8. The molecule has 2 atom stereocenters. The van der Waals surface area contributed by atoms with Crippen LogP contribution in [0.15, 0.2) is 85.1 Å². The predicted octanol–water partition coefficient (Wildman–Crippen LogP) is 17.8. The molecule has 0 aliphatic carbocycles. The third kappa shape index (κ3) is 60.0. The van der Waals surface area contributed by atoms with Crippen LogP contribution in [0.5, 0.6) is 0 Å². The molecule has 9 nitrogen and oxygen atoms in total. The topological polar surface area (TPSA) is 111 Å². The Kier molecular flexibility index (Phi) is 55.9. The van der Waals surface area contributed by atoms with Crippen LogP contribution in [0.3, 0.4) is 0 Å². The first-order valence-electron chi connectivity index (χ1n) is 31.7. The van der Waals surface area contributed by atoms with Gasteiger partial charge in [-0.25, -0.2) is 0 Å². The normalized spacial score (nSPS) is 13.3. The molecule has 0 saturated heterocycles. The molecule has 2 unspecified atom stereocenters. The lowest BCUT2D eigenvalue weighted by molar-refractivity contribution is -0.870. The van der Waals surface area contributed by atoms with E-state index in [0.29, 0.717) is 17.4 Å². The molecular formula is C68H119NO8. The van der Waals surface area contributed by atoms with Crippen molar-refractivity contribution in [1.82, 2.24) is 0 Å². The van der Waals surface area contributed by atoms with Crippen molar-refractivity contribution in [2.24, 2.45) is 0 Å². The number of hydrogen-bond donors (Lipinski definition) is 0. The standard InChI is InChI=1S/C68H119NO8/c1-6-8-10-12-14-16-18-20-22-24-26-27-28-29-30-31-32-33-34-35-36-37-38-39-41-42-44-46-48-50-52-54-56-58-65(70)75-62-64(63-76-68(67(72)73)74-61-60-69(3,4)5)77-66(71)59-57-55-53-51-49-47-45-43-40-25-23-21-19-17-15-13-11-9-7-2/h9,11,15,17,21,23-24,26,40,43,47,49,53,55,64,68H,6-8,10,12-14,16,18-20,22,25,27-39,41-42,44-46,48,50-52,54,56-63H2,1-5H3/b11-9-,17-15-,23-21-,26-24-,43-40-,49-47-,55-53-. The van der Waals surface area contributed by atoms with Gasteiger partial charge in [0.2, 0.25) is 0 Å². The van der Waals surface area contributed by atoms with Gasteiger partial charge in [-0.05, 0) is 77.0 Å². The summed E-state index contributed by atoms with van der Waals surface area (Å²) in [5.74, 6) is -2.39. The molecule has 77 heavy (non-hydrogen) atoms. The van der Waals surface area contributed by atoms with Gasteiger partial charge in [0.15, 0.2) is 12.4 Å². The lowest BCUT2D eigenvalue weighted by Crippen LogP contribution is -2.44. The number of ether oxygens (including phenoxy) is 4. The molecule has 444 valence electrons. The molecule has 0 fully saturated rings. The Balaban J connectivity index is 4.14. The summed E-state index contributed by atoms with van der Waals surface area (Å²) in [6, 6.07) is 0. The number of quaternary nitrogens is 1. The molecule has 0 aromatic carbocycles. The van der Waals surface area contributed by atoms with Crippen molar-refractivity contribution in [2.75, 3.05) is 47.5 Å². The van der Waals surface area contributed by atoms with Crippen molar-refractivity contribution in [3.63, 3.8) is 0 Å². The maximum atomic E-state index is 12.8. The van der Waals surface area contributed by atoms with Crippen molar-refractivity contribution in [3.8, 4) is 0 Å². The number of nitrogens with zero attached hydrogens (tertiary/aromatic N) is 1. The number of esters is 2. The second kappa shape index (κ2) is 58.6. The third-order valence-electron chi connectivity index (χ3n) is 13.6. The summed E-state index contributed by atoms with van der Waals surface area (Å²) in [6.07, 6.45) is 75.4. The molecule has 0 heterocycles. The quantitative estimate of drug-likeness (QED) is 0.0195. The van der Waals surface area contributed by atoms with Gasteiger partial charge in [0, 0.05) is 12.8 Å². The zero-order valence-electron chi connectivity index (χ0n) is 50.6. The number of unbranched alkanes of at least 4 members (excludes halogenated alkanes) is 29. The SMILES string of the molecule is CC/C=C\C/C=C\C/C=C\C/C=C\C/C=C\C/C=C\CCC(=O)OC(COC(=O)CCCCCCCCCCCCCCCCCCCCCCC/C=C\CCCCCCCCCC)COC(OCC[N+](C)(C)C)C(=O)[O-]. The van der Waals surface area contributed by atoms with Crippen LogP contribution < -0.4 is 5.11 Å². The fraction of sp³-hybridized carbons (Fsp3) is 0.750. The molecule has 0 aliphatic rings. The fourth-order valence-corrected chi connectivity index (χ4v) is 8.79. The van der Waals surface area contributed by atoms with Crippen LogP contribution in [0.1, 0.15) is 271 Å². The monoisotopic (exact) mass is 1080 g/mol. The lowest BCUT2D eigenvalue weighted by Gasteiger charge is -2.26. The minimum atomic E-state index is -1.64. The predicted molar refractivity (Wildman–Crippen MR) is 324 cm³/mol. The first kappa shape index (κ1) is 73.5. The summed E-state index contributed by atoms with van der Waals surface area (Å²) >= 11 is 0. The molecular weight excluding hydrogens is 959 g/mol. The van der Waals surface area contributed by atoms with Gasteiger partial charge in [-0.1, -0.05) is 266 Å². The van der Waals surface area contributed by atoms with Crippen LogP contribution in [-0.4, -0.2) is 82.3 Å². The van der Waals surface area contributed by atoms with Crippen molar-refractivity contribution >= 4 is 17.9 Å². The molecule has 0 bridgehead atoms. The lowest BCUT2D eigenvalue weighted by atomic mass is 10.0. The zero-order valence-corrected chi connectivity index (χ0v) is 50.6. The smallest absolute Gasteiger partial charge is 0.306 e. The molecule has 0 aliphatic heterocycles. The number of allylic oxidation sites excluding steroid dienone is 14. The highest BCUT2D eigenvalue weighted by Gasteiger charge is 2.21. The van der Waals surface area contributed by atoms with Crippen LogP contribution in [0.4, 0.5) is 0 Å². The highest BCUT2D eigenvalue weighted by molar-refractivity contribution is 5.70. The molecule has 0 amide bonds. The van der Waals surface area contributed by atoms with Crippen LogP contribution in [-0.2, 0) is 33.3 Å². The van der Waals surface area contributed by atoms with E-state index in [1.54, 1.807) is 0 Å². The van der Waals surface area contributed by atoms with Crippen molar-refractivity contribution in [3.05, 3.63) is 85.1 Å². The van der Waals surface area contributed by atoms with Gasteiger partial charge in [-0.15, -0.1) is 0 Å². The van der Waals surface area contributed by atoms with Gasteiger partial charge in [0.05, 0.1) is 40.3 Å². The van der Waals surface area contributed by atoms with E-state index in [-0.39, 0.29) is 38.6 Å². The number of carboxylic acid groups (broad SMARTS) is 1. The number of likely N-dealkylation sites (N-methyl/N-ethyl adjacent to an activating group) is 1. The summed E-state index contributed by atoms with van der Waals surface area (Å²) in [4.78, 5) is 37.3. The number of carbonyl (C=O) groups is 3. The second-order valence-electron chi connectivity index (χ2n) is 22.3. The summed E-state index contributed by atoms with van der Waals surface area (Å²) in [7, 11) is 5.90. The van der Waals surface area contributed by atoms with Crippen molar-refractivity contribution < 1.29 is 42.9 Å². The highest BCUT2D eigenvalue weighted by Crippen LogP contribution is 2.17. The zero-order chi connectivity index (χ0) is 56.2. The average molecular weight is 1080 g/mol. The molecule has 0 spiro atoms. The Morgan fingerprint density at radius 1 is 0.403 bits per heavy atom. The highest BCUT2D eigenvalue weighted by atomic mass is 16.7. The van der Waals surface area contributed by atoms with Crippen LogP contribution in [0, 0.1) is 0 Å². The van der Waals surface area contributed by atoms with Gasteiger partial charge >= 0.3 is 11.9 Å². The van der Waals surface area contributed by atoms with E-state index >= 15 is 0 Å². The second-order valence-corrected chi connectivity index (χ2v) is 22.3. The Morgan fingerprint density at radius 2 is 0.766 bits per heavy atom. The molecule has 0 rings (SSSR count). The summed E-state index contributed by atoms with van der Waals surface area (Å²) in [5, 5.41) is 11.8. The third-order valence-corrected chi connectivity index (χ3v) is 13.6. The molecule has 0 radical (unpaired) electrons. The fourth-order valence-electron chi connectivity index (χ4n) is 8.79. The maximum absolute atomic E-state index is 12.8. The molecule has 0 saturated carbocycles. The first-order valence-corrected chi connectivity index (χ1v) is 31.7. The molecule has 0 N–H and O–H groups in total.